The zero-order chi connectivity index (χ0) is 19.4. The Morgan fingerprint density at radius 3 is 2.56 bits per heavy atom. The average molecular weight is 389 g/mol. The Morgan fingerprint density at radius 2 is 1.85 bits per heavy atom. The van der Waals surface area contributed by atoms with Gasteiger partial charge < -0.3 is 14.9 Å². The second kappa shape index (κ2) is 7.92. The smallest absolute Gasteiger partial charge is 0.304 e. The molecule has 27 heavy (non-hydrogen) atoms. The van der Waals surface area contributed by atoms with E-state index >= 15 is 0 Å². The molecular formula is C19H14ClFN2O4. The van der Waals surface area contributed by atoms with Gasteiger partial charge in [0.2, 0.25) is 0 Å². The number of hydrogen-bond donors (Lipinski definition) is 1. The summed E-state index contributed by atoms with van der Waals surface area (Å²) >= 11 is 6.08. The second-order valence-electron chi connectivity index (χ2n) is 5.38. The number of nitrogens with one attached hydrogen (secondary N) is 1. The molecule has 0 bridgehead atoms. The van der Waals surface area contributed by atoms with E-state index in [2.05, 4.69) is 5.32 Å². The molecule has 1 amide bonds. The second-order valence-corrected chi connectivity index (χ2v) is 5.76. The predicted molar refractivity (Wildman–Crippen MR) is 99.1 cm³/mol. The summed E-state index contributed by atoms with van der Waals surface area (Å²) in [6.45, 7) is 0. The first-order chi connectivity index (χ1) is 13.0. The van der Waals surface area contributed by atoms with E-state index in [9.17, 15) is 14.0 Å². The molecular weight excluding hydrogens is 375 g/mol. The molecule has 0 aliphatic rings. The van der Waals surface area contributed by atoms with Crippen LogP contribution in [0, 0.1) is 5.82 Å². The molecule has 1 N–H and O–H groups in total. The van der Waals surface area contributed by atoms with Crippen LogP contribution in [0.3, 0.4) is 0 Å². The zero-order valence-corrected chi connectivity index (χ0v) is 14.9. The molecule has 6 nitrogen and oxygen atoms in total. The van der Waals surface area contributed by atoms with Crippen molar-refractivity contribution >= 4 is 23.2 Å². The largest absolute Gasteiger partial charge is 0.493 e. The highest BCUT2D eigenvalue weighted by atomic mass is 35.5. The van der Waals surface area contributed by atoms with Gasteiger partial charge in [-0.2, -0.15) is 0 Å². The van der Waals surface area contributed by atoms with Crippen LogP contribution < -0.4 is 20.5 Å². The van der Waals surface area contributed by atoms with Crippen molar-refractivity contribution in [2.45, 2.75) is 0 Å². The fraction of sp³-hybridized carbons (Fsp3) is 0.0526. The van der Waals surface area contributed by atoms with Crippen LogP contribution >= 0.6 is 11.6 Å². The van der Waals surface area contributed by atoms with Crippen LogP contribution in [-0.2, 0) is 0 Å². The van der Waals surface area contributed by atoms with Gasteiger partial charge in [-0.05, 0) is 30.3 Å². The molecule has 0 unspecified atom stereocenters. The molecule has 1 heterocycles. The number of anilines is 1. The van der Waals surface area contributed by atoms with Crippen molar-refractivity contribution in [3.05, 3.63) is 87.6 Å². The topological polar surface area (TPSA) is 69.6 Å². The zero-order valence-electron chi connectivity index (χ0n) is 14.1. The number of halogens is 2. The van der Waals surface area contributed by atoms with Gasteiger partial charge >= 0.3 is 5.56 Å². The molecule has 0 fully saturated rings. The number of carbonyl (C=O) groups is 1. The molecule has 3 rings (SSSR count). The van der Waals surface area contributed by atoms with Gasteiger partial charge in [-0.1, -0.05) is 29.8 Å². The molecule has 0 atom stereocenters. The first-order valence-electron chi connectivity index (χ1n) is 7.79. The van der Waals surface area contributed by atoms with Crippen LogP contribution in [0.2, 0.25) is 5.02 Å². The van der Waals surface area contributed by atoms with Gasteiger partial charge in [0.25, 0.3) is 5.91 Å². The van der Waals surface area contributed by atoms with E-state index in [1.807, 2.05) is 0 Å². The van der Waals surface area contributed by atoms with E-state index < -0.39 is 17.3 Å². The Hall–Kier alpha value is -3.32. The molecule has 0 aliphatic carbocycles. The van der Waals surface area contributed by atoms with Gasteiger partial charge in [-0.25, -0.2) is 4.39 Å². The number of aromatic nitrogens is 1. The maximum atomic E-state index is 13.3. The number of hydrogen-bond acceptors (Lipinski definition) is 4. The summed E-state index contributed by atoms with van der Waals surface area (Å²) in [5.74, 6) is -0.683. The highest BCUT2D eigenvalue weighted by molar-refractivity contribution is 6.33. The average Bonchev–Trinajstić information content (AvgIpc) is 2.69. The van der Waals surface area contributed by atoms with E-state index in [0.29, 0.717) is 5.56 Å². The van der Waals surface area contributed by atoms with Crippen molar-refractivity contribution < 1.29 is 18.8 Å². The number of ether oxygens (including phenoxy) is 1. The van der Waals surface area contributed by atoms with Crippen molar-refractivity contribution in [1.29, 1.82) is 0 Å². The summed E-state index contributed by atoms with van der Waals surface area (Å²) in [5.41, 5.74) is -0.139. The van der Waals surface area contributed by atoms with E-state index in [-0.39, 0.29) is 22.2 Å². The maximum absolute atomic E-state index is 13.3. The fourth-order valence-corrected chi connectivity index (χ4v) is 2.46. The van der Waals surface area contributed by atoms with Crippen molar-refractivity contribution in [1.82, 2.24) is 4.73 Å². The molecule has 0 radical (unpaired) electrons. The predicted octanol–water partition coefficient (Wildman–Crippen LogP) is 3.74. The Labute approximate surface area is 158 Å². The highest BCUT2D eigenvalue weighted by Crippen LogP contribution is 2.28. The van der Waals surface area contributed by atoms with E-state index in [0.717, 1.165) is 10.8 Å². The quantitative estimate of drug-likeness (QED) is 0.722. The third-order valence-corrected chi connectivity index (χ3v) is 3.97. The standard InChI is InChI=1S/C19H14ClFN2O4/c1-26-16-11-13(21)7-8-15(16)27-23-10-9-14(17(20)19(23)25)22-18(24)12-5-3-2-4-6-12/h2-11H,1H3,(H,22,24). The number of methoxy groups -OCH3 is 1. The minimum Gasteiger partial charge on any atom is -0.493 e. The number of benzene rings is 2. The Morgan fingerprint density at radius 1 is 1.11 bits per heavy atom. The highest BCUT2D eigenvalue weighted by Gasteiger charge is 2.14. The Kier molecular flexibility index (Phi) is 5.42. The van der Waals surface area contributed by atoms with E-state index in [1.54, 1.807) is 30.3 Å². The SMILES string of the molecule is COc1cc(F)ccc1On1ccc(NC(=O)c2ccccc2)c(Cl)c1=O. The lowest BCUT2D eigenvalue weighted by Crippen LogP contribution is -2.26. The van der Waals surface area contributed by atoms with Gasteiger partial charge in [0.1, 0.15) is 10.8 Å². The van der Waals surface area contributed by atoms with Crippen molar-refractivity contribution in [3.63, 3.8) is 0 Å². The summed E-state index contributed by atoms with van der Waals surface area (Å²) in [6.07, 6.45) is 1.29. The number of rotatable bonds is 5. The van der Waals surface area contributed by atoms with Crippen LogP contribution in [0.25, 0.3) is 0 Å². The molecule has 2 aromatic carbocycles. The molecule has 0 saturated carbocycles. The third kappa shape index (κ3) is 4.09. The fourth-order valence-electron chi connectivity index (χ4n) is 2.27. The first kappa shape index (κ1) is 18.5. The lowest BCUT2D eigenvalue weighted by Gasteiger charge is -2.13. The molecule has 0 aliphatic heterocycles. The van der Waals surface area contributed by atoms with Gasteiger partial charge in [0.15, 0.2) is 11.5 Å². The van der Waals surface area contributed by atoms with Gasteiger partial charge in [0, 0.05) is 11.6 Å². The van der Waals surface area contributed by atoms with Crippen molar-refractivity contribution in [2.75, 3.05) is 12.4 Å². The van der Waals surface area contributed by atoms with Crippen LogP contribution in [0.15, 0.2) is 65.6 Å². The van der Waals surface area contributed by atoms with Gasteiger partial charge in [-0.15, -0.1) is 4.73 Å². The monoisotopic (exact) mass is 388 g/mol. The van der Waals surface area contributed by atoms with Gasteiger partial charge in [0.05, 0.1) is 19.0 Å². The molecule has 0 spiro atoms. The minimum atomic E-state index is -0.700. The van der Waals surface area contributed by atoms with E-state index in [1.165, 1.54) is 31.5 Å². The normalized spacial score (nSPS) is 10.3. The van der Waals surface area contributed by atoms with Crippen LogP contribution in [0.4, 0.5) is 10.1 Å². The summed E-state index contributed by atoms with van der Waals surface area (Å²) in [6, 6.07) is 13.5. The lowest BCUT2D eigenvalue weighted by atomic mass is 10.2. The van der Waals surface area contributed by atoms with Crippen molar-refractivity contribution in [2.24, 2.45) is 0 Å². The summed E-state index contributed by atoms with van der Waals surface area (Å²) in [7, 11) is 1.35. The summed E-state index contributed by atoms with van der Waals surface area (Å²) < 4.78 is 19.1. The first-order valence-corrected chi connectivity index (χ1v) is 8.17. The van der Waals surface area contributed by atoms with E-state index in [4.69, 9.17) is 21.2 Å². The Bertz CT molecular complexity index is 1040. The van der Waals surface area contributed by atoms with Crippen LogP contribution in [0.1, 0.15) is 10.4 Å². The van der Waals surface area contributed by atoms with Crippen LogP contribution in [-0.4, -0.2) is 17.7 Å². The summed E-state index contributed by atoms with van der Waals surface area (Å²) in [4.78, 5) is 30.1. The van der Waals surface area contributed by atoms with Crippen molar-refractivity contribution in [3.8, 4) is 11.5 Å². The minimum absolute atomic E-state index is 0.111. The number of carbonyl (C=O) groups excluding carboxylic acids is 1. The summed E-state index contributed by atoms with van der Waals surface area (Å²) in [5, 5.41) is 2.34. The molecule has 138 valence electrons. The number of amides is 1. The molecule has 1 aromatic heterocycles. The Balaban J connectivity index is 1.85. The third-order valence-electron chi connectivity index (χ3n) is 3.61. The number of pyridine rings is 1. The lowest BCUT2D eigenvalue weighted by molar-refractivity contribution is 0.102. The maximum Gasteiger partial charge on any atom is 0.304 e. The number of nitrogens with zero attached hydrogens (tertiary/aromatic N) is 1. The molecule has 8 heteroatoms. The van der Waals surface area contributed by atoms with Crippen LogP contribution in [0.5, 0.6) is 11.5 Å². The molecule has 0 saturated heterocycles. The van der Waals surface area contributed by atoms with Gasteiger partial charge in [-0.3, -0.25) is 9.59 Å². The molecule has 3 aromatic rings.